The molecule has 0 aliphatic carbocycles. The molecule has 8 heteroatoms. The van der Waals surface area contributed by atoms with Gasteiger partial charge in [-0.2, -0.15) is 9.97 Å². The van der Waals surface area contributed by atoms with Gasteiger partial charge in [-0.1, -0.05) is 23.2 Å². The molecule has 0 aliphatic rings. The molecule has 0 radical (unpaired) electrons. The highest BCUT2D eigenvalue weighted by Gasteiger charge is 2.10. The summed E-state index contributed by atoms with van der Waals surface area (Å²) >= 11 is 11.8. The Hall–Kier alpha value is -1.79. The van der Waals surface area contributed by atoms with Crippen molar-refractivity contribution in [3.63, 3.8) is 0 Å². The Morgan fingerprint density at radius 3 is 2.55 bits per heavy atom. The molecule has 6 nitrogen and oxygen atoms in total. The summed E-state index contributed by atoms with van der Waals surface area (Å²) in [5.74, 6) is 0.732. The fourth-order valence-corrected chi connectivity index (χ4v) is 1.79. The van der Waals surface area contributed by atoms with Crippen molar-refractivity contribution < 1.29 is 9.47 Å². The molecule has 0 aliphatic heterocycles. The monoisotopic (exact) mass is 314 g/mol. The smallest absolute Gasteiger partial charge is 0.330 e. The number of halogens is 2. The first-order chi connectivity index (χ1) is 9.62. The second-order valence-corrected chi connectivity index (χ2v) is 4.43. The van der Waals surface area contributed by atoms with Crippen LogP contribution in [0.5, 0.6) is 17.8 Å². The minimum Gasteiger partial charge on any atom is -0.464 e. The lowest BCUT2D eigenvalue weighted by molar-refractivity contribution is 0.304. The number of nitrogens with zero attached hydrogens (tertiary/aromatic N) is 3. The Balaban J connectivity index is 2.29. The third-order valence-electron chi connectivity index (χ3n) is 2.19. The molecule has 0 saturated carbocycles. The zero-order valence-electron chi connectivity index (χ0n) is 10.9. The molecule has 0 bridgehead atoms. The molecular weight excluding hydrogens is 303 g/mol. The zero-order valence-corrected chi connectivity index (χ0v) is 12.4. The highest BCUT2D eigenvalue weighted by Crippen LogP contribution is 2.30. The van der Waals surface area contributed by atoms with Gasteiger partial charge in [-0.3, -0.25) is 0 Å². The number of nitrogens with one attached hydrogen (secondary N) is 1. The maximum Gasteiger partial charge on any atom is 0.330 e. The van der Waals surface area contributed by atoms with Crippen molar-refractivity contribution >= 4 is 29.2 Å². The third-order valence-corrected chi connectivity index (χ3v) is 2.72. The minimum atomic E-state index is 0.0806. The fourth-order valence-electron chi connectivity index (χ4n) is 1.35. The molecule has 1 N–H and O–H groups in total. The van der Waals surface area contributed by atoms with Crippen molar-refractivity contribution in [1.82, 2.24) is 15.0 Å². The maximum absolute atomic E-state index is 6.03. The number of ether oxygens (including phenoxy) is 2. The lowest BCUT2D eigenvalue weighted by Crippen LogP contribution is -2.05. The summed E-state index contributed by atoms with van der Waals surface area (Å²) in [6, 6.07) is 5.12. The van der Waals surface area contributed by atoms with Crippen LogP contribution in [0.25, 0.3) is 0 Å². The van der Waals surface area contributed by atoms with Crippen LogP contribution >= 0.6 is 23.2 Å². The van der Waals surface area contributed by atoms with Gasteiger partial charge in [0, 0.05) is 12.1 Å². The highest BCUT2D eigenvalue weighted by molar-refractivity contribution is 6.35. The van der Waals surface area contributed by atoms with E-state index in [0.717, 1.165) is 0 Å². The van der Waals surface area contributed by atoms with E-state index in [0.29, 0.717) is 28.3 Å². The summed E-state index contributed by atoms with van der Waals surface area (Å²) in [5.41, 5.74) is 0. The Kier molecular flexibility index (Phi) is 4.81. The van der Waals surface area contributed by atoms with Crippen LogP contribution in [0.15, 0.2) is 18.2 Å². The summed E-state index contributed by atoms with van der Waals surface area (Å²) in [4.78, 5) is 12.1. The van der Waals surface area contributed by atoms with Crippen LogP contribution in [-0.2, 0) is 0 Å². The van der Waals surface area contributed by atoms with Crippen LogP contribution in [0, 0.1) is 0 Å². The minimum absolute atomic E-state index is 0.0806. The standard InChI is InChI=1S/C12H12Cl2N4O2/c1-3-19-11-16-10(15-2)17-12(18-11)20-9-5-4-7(13)6-8(9)14/h4-6H,3H2,1-2H3,(H,15,16,17,18). The number of aromatic nitrogens is 3. The van der Waals surface area contributed by atoms with E-state index >= 15 is 0 Å². The molecule has 0 amide bonds. The van der Waals surface area contributed by atoms with E-state index in [-0.39, 0.29) is 12.0 Å². The predicted molar refractivity (Wildman–Crippen MR) is 77.1 cm³/mol. The summed E-state index contributed by atoms with van der Waals surface area (Å²) in [5, 5.41) is 3.68. The molecule has 2 rings (SSSR count). The molecular formula is C12H12Cl2N4O2. The van der Waals surface area contributed by atoms with Gasteiger partial charge >= 0.3 is 12.0 Å². The first-order valence-electron chi connectivity index (χ1n) is 5.82. The van der Waals surface area contributed by atoms with Crippen molar-refractivity contribution in [1.29, 1.82) is 0 Å². The van der Waals surface area contributed by atoms with Gasteiger partial charge in [0.05, 0.1) is 11.6 Å². The van der Waals surface area contributed by atoms with Crippen LogP contribution in [0.1, 0.15) is 6.92 Å². The fraction of sp³-hybridized carbons (Fsp3) is 0.250. The average Bonchev–Trinajstić information content (AvgIpc) is 2.42. The zero-order chi connectivity index (χ0) is 14.5. The molecule has 0 atom stereocenters. The Bertz CT molecular complexity index is 610. The molecule has 2 aromatic rings. The Labute approximate surface area is 126 Å². The van der Waals surface area contributed by atoms with E-state index in [2.05, 4.69) is 20.3 Å². The van der Waals surface area contributed by atoms with Crippen LogP contribution in [0.3, 0.4) is 0 Å². The summed E-state index contributed by atoms with van der Waals surface area (Å²) in [6.45, 7) is 2.27. The van der Waals surface area contributed by atoms with Gasteiger partial charge in [0.1, 0.15) is 5.75 Å². The molecule has 20 heavy (non-hydrogen) atoms. The van der Waals surface area contributed by atoms with Gasteiger partial charge in [0.2, 0.25) is 5.95 Å². The molecule has 1 aromatic heterocycles. The molecule has 0 unspecified atom stereocenters. The lowest BCUT2D eigenvalue weighted by Gasteiger charge is -2.08. The summed E-state index contributed by atoms with van der Waals surface area (Å²) in [6.07, 6.45) is 0. The van der Waals surface area contributed by atoms with Crippen molar-refractivity contribution in [2.45, 2.75) is 6.92 Å². The van der Waals surface area contributed by atoms with Crippen molar-refractivity contribution in [3.05, 3.63) is 28.2 Å². The first kappa shape index (κ1) is 14.6. The van der Waals surface area contributed by atoms with E-state index in [1.807, 2.05) is 6.92 Å². The van der Waals surface area contributed by atoms with Crippen LogP contribution in [0.4, 0.5) is 5.95 Å². The molecule has 1 heterocycles. The SMILES string of the molecule is CCOc1nc(NC)nc(Oc2ccc(Cl)cc2Cl)n1. The molecule has 106 valence electrons. The van der Waals surface area contributed by atoms with Crippen molar-refractivity contribution in [3.8, 4) is 17.8 Å². The number of rotatable bonds is 5. The molecule has 0 saturated heterocycles. The normalized spacial score (nSPS) is 10.2. The molecule has 0 fully saturated rings. The summed E-state index contributed by atoms with van der Waals surface area (Å²) in [7, 11) is 1.68. The highest BCUT2D eigenvalue weighted by atomic mass is 35.5. The van der Waals surface area contributed by atoms with Crippen LogP contribution < -0.4 is 14.8 Å². The van der Waals surface area contributed by atoms with Gasteiger partial charge in [-0.05, 0) is 25.1 Å². The van der Waals surface area contributed by atoms with Crippen molar-refractivity contribution in [2.24, 2.45) is 0 Å². The average molecular weight is 315 g/mol. The second-order valence-electron chi connectivity index (χ2n) is 3.58. The van der Waals surface area contributed by atoms with Gasteiger partial charge in [-0.25, -0.2) is 0 Å². The van der Waals surface area contributed by atoms with E-state index in [1.54, 1.807) is 25.2 Å². The van der Waals surface area contributed by atoms with Crippen molar-refractivity contribution in [2.75, 3.05) is 19.0 Å². The third kappa shape index (κ3) is 3.61. The number of hydrogen-bond acceptors (Lipinski definition) is 6. The van der Waals surface area contributed by atoms with E-state index in [9.17, 15) is 0 Å². The van der Waals surface area contributed by atoms with E-state index in [4.69, 9.17) is 32.7 Å². The van der Waals surface area contributed by atoms with Gasteiger partial charge < -0.3 is 14.8 Å². The molecule has 0 spiro atoms. The van der Waals surface area contributed by atoms with Gasteiger partial charge in [0.15, 0.2) is 0 Å². The van der Waals surface area contributed by atoms with Gasteiger partial charge in [-0.15, -0.1) is 4.98 Å². The lowest BCUT2D eigenvalue weighted by atomic mass is 10.3. The predicted octanol–water partition coefficient (Wildman–Crippen LogP) is 3.41. The number of benzene rings is 1. The van der Waals surface area contributed by atoms with Crippen LogP contribution in [-0.4, -0.2) is 28.6 Å². The summed E-state index contributed by atoms with van der Waals surface area (Å²) < 4.78 is 10.8. The van der Waals surface area contributed by atoms with Gasteiger partial charge in [0.25, 0.3) is 0 Å². The van der Waals surface area contributed by atoms with Crippen LogP contribution in [0.2, 0.25) is 10.0 Å². The number of anilines is 1. The quantitative estimate of drug-likeness (QED) is 0.912. The molecule has 1 aromatic carbocycles. The Morgan fingerprint density at radius 1 is 1.15 bits per heavy atom. The van der Waals surface area contributed by atoms with E-state index < -0.39 is 0 Å². The maximum atomic E-state index is 6.03. The Morgan fingerprint density at radius 2 is 1.90 bits per heavy atom. The number of hydrogen-bond donors (Lipinski definition) is 1. The largest absolute Gasteiger partial charge is 0.464 e. The topological polar surface area (TPSA) is 69.2 Å². The second kappa shape index (κ2) is 6.58. The first-order valence-corrected chi connectivity index (χ1v) is 6.57. The van der Waals surface area contributed by atoms with E-state index in [1.165, 1.54) is 0 Å².